The molecule has 1 aliphatic heterocycles. The molecule has 1 aromatic carbocycles. The maximum Gasteiger partial charge on any atom is 0.0471 e. The molecule has 1 heterocycles. The molecule has 0 radical (unpaired) electrons. The normalized spacial score (nSPS) is 30.0. The summed E-state index contributed by atoms with van der Waals surface area (Å²) in [5.74, 6) is 0. The van der Waals surface area contributed by atoms with Gasteiger partial charge in [-0.3, -0.25) is 0 Å². The molecule has 0 N–H and O–H groups in total. The molecule has 3 unspecified atom stereocenters. The number of benzene rings is 1. The third-order valence-corrected chi connectivity index (χ3v) is 7.11. The molecule has 0 saturated heterocycles. The maximum absolute atomic E-state index is 4.19. The Morgan fingerprint density at radius 2 is 1.84 bits per heavy atom. The Morgan fingerprint density at radius 1 is 1.20 bits per heavy atom. The zero-order chi connectivity index (χ0) is 18.6. The maximum atomic E-state index is 4.19. The molecule has 0 amide bonds. The van der Waals surface area contributed by atoms with Crippen LogP contribution < -0.4 is 4.90 Å². The first kappa shape index (κ1) is 18.5. The lowest BCUT2D eigenvalue weighted by Gasteiger charge is -2.52. The lowest BCUT2D eigenvalue weighted by Crippen LogP contribution is -2.59. The topological polar surface area (TPSA) is 3.24 Å². The van der Waals surface area contributed by atoms with Crippen LogP contribution in [-0.4, -0.2) is 11.6 Å². The molecule has 1 aliphatic carbocycles. The highest BCUT2D eigenvalue weighted by molar-refractivity contribution is 5.69. The van der Waals surface area contributed by atoms with E-state index in [9.17, 15) is 0 Å². The summed E-state index contributed by atoms with van der Waals surface area (Å²) in [5.41, 5.74) is 6.50. The van der Waals surface area contributed by atoms with Crippen LogP contribution in [0.2, 0.25) is 0 Å². The third-order valence-electron chi connectivity index (χ3n) is 7.11. The second-order valence-electron chi connectivity index (χ2n) is 10.2. The minimum Gasteiger partial charge on any atom is -0.362 e. The van der Waals surface area contributed by atoms with Crippen molar-refractivity contribution in [3.63, 3.8) is 0 Å². The smallest absolute Gasteiger partial charge is 0.0471 e. The van der Waals surface area contributed by atoms with Gasteiger partial charge in [0.1, 0.15) is 0 Å². The van der Waals surface area contributed by atoms with Crippen LogP contribution in [0.4, 0.5) is 5.69 Å². The molecule has 25 heavy (non-hydrogen) atoms. The highest BCUT2D eigenvalue weighted by Gasteiger charge is 2.58. The highest BCUT2D eigenvalue weighted by Crippen LogP contribution is 2.59. The van der Waals surface area contributed by atoms with Gasteiger partial charge in [0.05, 0.1) is 0 Å². The Labute approximate surface area is 155 Å². The molecule has 2 aliphatic rings. The molecule has 0 spiro atoms. The van der Waals surface area contributed by atoms with Gasteiger partial charge in [-0.25, -0.2) is 0 Å². The van der Waals surface area contributed by atoms with Gasteiger partial charge in [0.15, 0.2) is 0 Å². The number of hydrogen-bond acceptors (Lipinski definition) is 1. The Bertz CT molecular complexity index is 680. The van der Waals surface area contributed by atoms with E-state index < -0.39 is 0 Å². The van der Waals surface area contributed by atoms with Gasteiger partial charge in [0.25, 0.3) is 0 Å². The molecule has 1 fully saturated rings. The standard InChI is InChI=1S/C24H37N/c1-17(2)15-18(3)25-21-12-11-19(22(4,5)6)16-20(21)23(7)13-9-10-14-24(23,25)8/h11-12,16,18H,1,9-10,13-15H2,2-8H3. The number of anilines is 1. The molecule has 138 valence electrons. The van der Waals surface area contributed by atoms with Crippen LogP contribution in [0, 0.1) is 0 Å². The highest BCUT2D eigenvalue weighted by atomic mass is 15.3. The van der Waals surface area contributed by atoms with Gasteiger partial charge in [0.2, 0.25) is 0 Å². The summed E-state index contributed by atoms with van der Waals surface area (Å²) in [6.07, 6.45) is 6.38. The van der Waals surface area contributed by atoms with E-state index in [1.54, 1.807) is 5.56 Å². The molecule has 3 atom stereocenters. The number of hydrogen-bond donors (Lipinski definition) is 0. The van der Waals surface area contributed by atoms with E-state index in [0.29, 0.717) is 6.04 Å². The summed E-state index contributed by atoms with van der Waals surface area (Å²) in [5, 5.41) is 0. The minimum atomic E-state index is 0.202. The van der Waals surface area contributed by atoms with Crippen molar-refractivity contribution in [3.8, 4) is 0 Å². The van der Waals surface area contributed by atoms with E-state index in [-0.39, 0.29) is 16.4 Å². The zero-order valence-corrected chi connectivity index (χ0v) is 17.5. The van der Waals surface area contributed by atoms with Gasteiger partial charge >= 0.3 is 0 Å². The van der Waals surface area contributed by atoms with Crippen molar-refractivity contribution in [2.24, 2.45) is 0 Å². The Balaban J connectivity index is 2.17. The summed E-state index contributed by atoms with van der Waals surface area (Å²) < 4.78 is 0. The van der Waals surface area contributed by atoms with Crippen LogP contribution in [0.3, 0.4) is 0 Å². The summed E-state index contributed by atoms with van der Waals surface area (Å²) in [7, 11) is 0. The molecule has 0 bridgehead atoms. The Kier molecular flexibility index (Phi) is 4.37. The summed E-state index contributed by atoms with van der Waals surface area (Å²) in [6.45, 7) is 20.8. The second-order valence-corrected chi connectivity index (χ2v) is 10.2. The fourth-order valence-electron chi connectivity index (χ4n) is 5.54. The van der Waals surface area contributed by atoms with Crippen LogP contribution in [0.25, 0.3) is 0 Å². The van der Waals surface area contributed by atoms with Crippen molar-refractivity contribution in [2.45, 2.75) is 103 Å². The van der Waals surface area contributed by atoms with Crippen molar-refractivity contribution < 1.29 is 0 Å². The van der Waals surface area contributed by atoms with Crippen LogP contribution >= 0.6 is 0 Å². The predicted molar refractivity (Wildman–Crippen MR) is 111 cm³/mol. The summed E-state index contributed by atoms with van der Waals surface area (Å²) >= 11 is 0. The van der Waals surface area contributed by atoms with E-state index in [1.807, 2.05) is 0 Å². The van der Waals surface area contributed by atoms with Crippen molar-refractivity contribution >= 4 is 5.69 Å². The molecular weight excluding hydrogens is 302 g/mol. The Morgan fingerprint density at radius 3 is 2.44 bits per heavy atom. The van der Waals surface area contributed by atoms with E-state index in [2.05, 4.69) is 78.1 Å². The fraction of sp³-hybridized carbons (Fsp3) is 0.667. The molecule has 1 aromatic rings. The van der Waals surface area contributed by atoms with Gasteiger partial charge in [-0.2, -0.15) is 0 Å². The first-order valence-electron chi connectivity index (χ1n) is 10.1. The quantitative estimate of drug-likeness (QED) is 0.551. The number of fused-ring (bicyclic) bond motifs is 3. The van der Waals surface area contributed by atoms with E-state index in [0.717, 1.165) is 6.42 Å². The molecule has 1 saturated carbocycles. The average molecular weight is 340 g/mol. The van der Waals surface area contributed by atoms with Crippen molar-refractivity contribution in [1.29, 1.82) is 0 Å². The lowest BCUT2D eigenvalue weighted by atomic mass is 9.61. The van der Waals surface area contributed by atoms with E-state index >= 15 is 0 Å². The molecular formula is C24H37N. The Hall–Kier alpha value is -1.24. The van der Waals surface area contributed by atoms with E-state index in [4.69, 9.17) is 0 Å². The van der Waals surface area contributed by atoms with Crippen molar-refractivity contribution in [1.82, 2.24) is 0 Å². The molecule has 0 aromatic heterocycles. The second kappa shape index (κ2) is 5.89. The summed E-state index contributed by atoms with van der Waals surface area (Å²) in [4.78, 5) is 2.77. The van der Waals surface area contributed by atoms with Crippen LogP contribution in [-0.2, 0) is 10.8 Å². The minimum absolute atomic E-state index is 0.202. The van der Waals surface area contributed by atoms with Crippen LogP contribution in [0.15, 0.2) is 30.4 Å². The number of nitrogens with zero attached hydrogens (tertiary/aromatic N) is 1. The monoisotopic (exact) mass is 339 g/mol. The zero-order valence-electron chi connectivity index (χ0n) is 17.5. The largest absolute Gasteiger partial charge is 0.362 e. The average Bonchev–Trinajstić information content (AvgIpc) is 2.69. The fourth-order valence-corrected chi connectivity index (χ4v) is 5.54. The van der Waals surface area contributed by atoms with Gasteiger partial charge in [0, 0.05) is 22.7 Å². The van der Waals surface area contributed by atoms with Crippen molar-refractivity contribution in [2.75, 3.05) is 4.90 Å². The lowest BCUT2D eigenvalue weighted by molar-refractivity contribution is 0.175. The van der Waals surface area contributed by atoms with Gasteiger partial charge in [-0.05, 0) is 62.6 Å². The third kappa shape index (κ3) is 2.75. The predicted octanol–water partition coefficient (Wildman–Crippen LogP) is 6.75. The van der Waals surface area contributed by atoms with Gasteiger partial charge < -0.3 is 4.90 Å². The molecule has 1 nitrogen and oxygen atoms in total. The van der Waals surface area contributed by atoms with Crippen molar-refractivity contribution in [3.05, 3.63) is 41.5 Å². The molecule has 3 rings (SSSR count). The van der Waals surface area contributed by atoms with Crippen LogP contribution in [0.1, 0.15) is 91.7 Å². The number of rotatable bonds is 3. The van der Waals surface area contributed by atoms with Gasteiger partial charge in [-0.1, -0.05) is 58.2 Å². The summed E-state index contributed by atoms with van der Waals surface area (Å²) in [6, 6.07) is 7.82. The SMILES string of the molecule is C=C(C)CC(C)N1c2ccc(C(C)(C)C)cc2C2(C)CCCCC12C. The molecule has 1 heteroatoms. The first-order valence-corrected chi connectivity index (χ1v) is 10.1. The van der Waals surface area contributed by atoms with Gasteiger partial charge in [-0.15, -0.1) is 6.58 Å². The van der Waals surface area contributed by atoms with E-state index in [1.165, 1.54) is 42.5 Å². The first-order chi connectivity index (χ1) is 11.5. The van der Waals surface area contributed by atoms with Crippen LogP contribution in [0.5, 0.6) is 0 Å².